The van der Waals surface area contributed by atoms with E-state index < -0.39 is 59.8 Å². The number of thioether (sulfide) groups is 1. The SMILES string of the molecule is COc1ccc(CCCSCCC(F)(F)C(F)(F)C(F)(F)C(F)(F)C(F)(F)C(F)(F)C(F)(F)C(F)(F)F)cc1OC. The number of ether oxygens (including phenoxy) is 2. The Bertz CT molecular complexity index is 1020. The van der Waals surface area contributed by atoms with Crippen LogP contribution < -0.4 is 9.47 Å². The Hall–Kier alpha value is -2.02. The van der Waals surface area contributed by atoms with E-state index in [0.717, 1.165) is 0 Å². The molecule has 0 heterocycles. The van der Waals surface area contributed by atoms with Gasteiger partial charge in [-0.25, -0.2) is 0 Å². The standard InChI is InChI=1S/C21H19F17O2S/c1-39-12-6-5-11(10-13(12)40-2)4-3-8-41-9-7-14(22,23)15(24,25)16(26,27)17(28,29)18(30,31)19(32,33)20(34,35)21(36,37)38/h5-6,10H,3-4,7-9H2,1-2H3. The van der Waals surface area contributed by atoms with Gasteiger partial charge in [0.25, 0.3) is 0 Å². The molecule has 0 saturated carbocycles. The van der Waals surface area contributed by atoms with E-state index in [0.29, 0.717) is 28.8 Å². The smallest absolute Gasteiger partial charge is 0.460 e. The molecule has 1 aromatic carbocycles. The summed E-state index contributed by atoms with van der Waals surface area (Å²) in [7, 11) is 2.66. The second-order valence-corrected chi connectivity index (χ2v) is 9.53. The van der Waals surface area contributed by atoms with Crippen molar-refractivity contribution in [3.63, 3.8) is 0 Å². The summed E-state index contributed by atoms with van der Waals surface area (Å²) in [6.45, 7) is 0. The van der Waals surface area contributed by atoms with E-state index in [9.17, 15) is 74.6 Å². The Balaban J connectivity index is 3.01. The lowest BCUT2D eigenvalue weighted by molar-refractivity contribution is -0.461. The fourth-order valence-electron chi connectivity index (χ4n) is 3.07. The molecular weight excluding hydrogens is 639 g/mol. The lowest BCUT2D eigenvalue weighted by Gasteiger charge is -2.42. The molecule has 0 N–H and O–H groups in total. The molecule has 0 radical (unpaired) electrons. The zero-order valence-electron chi connectivity index (χ0n) is 20.4. The predicted molar refractivity (Wildman–Crippen MR) is 110 cm³/mol. The third kappa shape index (κ3) is 6.35. The minimum Gasteiger partial charge on any atom is -0.493 e. The van der Waals surface area contributed by atoms with Gasteiger partial charge >= 0.3 is 47.6 Å². The summed E-state index contributed by atoms with van der Waals surface area (Å²) in [5, 5.41) is 0. The van der Waals surface area contributed by atoms with Crippen LogP contribution in [0.5, 0.6) is 11.5 Å². The van der Waals surface area contributed by atoms with Crippen LogP contribution in [-0.4, -0.2) is 73.4 Å². The normalized spacial score (nSPS) is 14.8. The maximum atomic E-state index is 13.9. The number of rotatable bonds is 15. The van der Waals surface area contributed by atoms with E-state index in [4.69, 9.17) is 9.47 Å². The van der Waals surface area contributed by atoms with Gasteiger partial charge in [-0.3, -0.25) is 0 Å². The van der Waals surface area contributed by atoms with Crippen LogP contribution in [0.4, 0.5) is 74.6 Å². The van der Waals surface area contributed by atoms with Crippen LogP contribution in [0.2, 0.25) is 0 Å². The highest BCUT2D eigenvalue weighted by molar-refractivity contribution is 7.99. The van der Waals surface area contributed by atoms with Crippen molar-refractivity contribution in [2.75, 3.05) is 25.7 Å². The molecule has 20 heteroatoms. The Kier molecular flexibility index (Phi) is 10.8. The molecule has 240 valence electrons. The van der Waals surface area contributed by atoms with E-state index in [1.165, 1.54) is 26.4 Å². The second kappa shape index (κ2) is 11.9. The van der Waals surface area contributed by atoms with Crippen molar-refractivity contribution in [3.8, 4) is 11.5 Å². The van der Waals surface area contributed by atoms with E-state index in [-0.39, 0.29) is 18.6 Å². The van der Waals surface area contributed by atoms with Gasteiger partial charge < -0.3 is 9.47 Å². The average Bonchev–Trinajstić information content (AvgIpc) is 2.84. The zero-order valence-corrected chi connectivity index (χ0v) is 21.2. The molecule has 0 fully saturated rings. The molecule has 41 heavy (non-hydrogen) atoms. The quantitative estimate of drug-likeness (QED) is 0.139. The Morgan fingerprint density at radius 3 is 1.44 bits per heavy atom. The van der Waals surface area contributed by atoms with E-state index >= 15 is 0 Å². The summed E-state index contributed by atoms with van der Waals surface area (Å²) in [6, 6.07) is 4.58. The highest BCUT2D eigenvalue weighted by Gasteiger charge is 2.95. The molecule has 0 bridgehead atoms. The number of alkyl halides is 17. The van der Waals surface area contributed by atoms with Gasteiger partial charge in [0.2, 0.25) is 0 Å². The molecule has 0 aliphatic rings. The summed E-state index contributed by atoms with van der Waals surface area (Å²) in [5.74, 6) is -56.7. The fourth-order valence-corrected chi connectivity index (χ4v) is 4.02. The van der Waals surface area contributed by atoms with Crippen molar-refractivity contribution in [2.24, 2.45) is 0 Å². The molecule has 1 aromatic rings. The second-order valence-electron chi connectivity index (χ2n) is 8.30. The largest absolute Gasteiger partial charge is 0.493 e. The molecule has 2 nitrogen and oxygen atoms in total. The molecule has 0 atom stereocenters. The first-order valence-electron chi connectivity index (χ1n) is 10.7. The van der Waals surface area contributed by atoms with Crippen molar-refractivity contribution in [1.82, 2.24) is 0 Å². The molecule has 0 aromatic heterocycles. The minimum atomic E-state index is -8.61. The lowest BCUT2D eigenvalue weighted by Crippen LogP contribution is -2.74. The van der Waals surface area contributed by atoms with Gasteiger partial charge in [0.1, 0.15) is 0 Å². The molecule has 0 unspecified atom stereocenters. The van der Waals surface area contributed by atoms with Gasteiger partial charge in [-0.1, -0.05) is 6.07 Å². The molecule has 0 aliphatic carbocycles. The van der Waals surface area contributed by atoms with Gasteiger partial charge in [0.15, 0.2) is 11.5 Å². The van der Waals surface area contributed by atoms with Crippen LogP contribution in [0, 0.1) is 0 Å². The first kappa shape index (κ1) is 37.0. The minimum absolute atomic E-state index is 0.130. The maximum Gasteiger partial charge on any atom is 0.460 e. The highest BCUT2D eigenvalue weighted by atomic mass is 32.2. The van der Waals surface area contributed by atoms with Gasteiger partial charge in [0.05, 0.1) is 14.2 Å². The Morgan fingerprint density at radius 2 is 1.00 bits per heavy atom. The average molecular weight is 658 g/mol. The summed E-state index contributed by atoms with van der Waals surface area (Å²) in [5.41, 5.74) is 0.607. The van der Waals surface area contributed by atoms with E-state index in [1.807, 2.05) is 0 Å². The van der Waals surface area contributed by atoms with Crippen LogP contribution >= 0.6 is 11.8 Å². The van der Waals surface area contributed by atoms with Gasteiger partial charge in [-0.15, -0.1) is 0 Å². The van der Waals surface area contributed by atoms with Crippen LogP contribution in [-0.2, 0) is 6.42 Å². The number of benzene rings is 1. The van der Waals surface area contributed by atoms with Gasteiger partial charge in [-0.05, 0) is 42.0 Å². The molecule has 0 saturated heterocycles. The fraction of sp³-hybridized carbons (Fsp3) is 0.714. The van der Waals surface area contributed by atoms with Gasteiger partial charge in [0, 0.05) is 6.42 Å². The van der Waals surface area contributed by atoms with E-state index in [1.54, 1.807) is 6.07 Å². The lowest BCUT2D eigenvalue weighted by atomic mass is 9.88. The summed E-state index contributed by atoms with van der Waals surface area (Å²) in [4.78, 5) is 0. The molecule has 0 aliphatic heterocycles. The van der Waals surface area contributed by atoms with Crippen LogP contribution in [0.3, 0.4) is 0 Å². The Morgan fingerprint density at radius 1 is 0.561 bits per heavy atom. The maximum absolute atomic E-state index is 13.9. The number of hydrogen-bond donors (Lipinski definition) is 0. The first-order valence-corrected chi connectivity index (χ1v) is 11.9. The van der Waals surface area contributed by atoms with Crippen molar-refractivity contribution in [2.45, 2.75) is 66.9 Å². The van der Waals surface area contributed by atoms with Crippen molar-refractivity contribution < 1.29 is 84.1 Å². The molecular formula is C21H19F17O2S. The van der Waals surface area contributed by atoms with Crippen LogP contribution in [0.1, 0.15) is 18.4 Å². The third-order valence-corrected chi connectivity index (χ3v) is 6.62. The van der Waals surface area contributed by atoms with Crippen LogP contribution in [0.15, 0.2) is 18.2 Å². The number of methoxy groups -OCH3 is 2. The first-order chi connectivity index (χ1) is 18.2. The number of halogens is 17. The van der Waals surface area contributed by atoms with Crippen molar-refractivity contribution in [1.29, 1.82) is 0 Å². The topological polar surface area (TPSA) is 18.5 Å². The summed E-state index contributed by atoms with van der Waals surface area (Å²) in [6.07, 6.45) is -9.86. The van der Waals surface area contributed by atoms with Crippen molar-refractivity contribution >= 4 is 11.8 Å². The van der Waals surface area contributed by atoms with Crippen molar-refractivity contribution in [3.05, 3.63) is 23.8 Å². The number of aryl methyl sites for hydroxylation is 1. The van der Waals surface area contributed by atoms with E-state index in [2.05, 4.69) is 0 Å². The number of hydrogen-bond acceptors (Lipinski definition) is 3. The third-order valence-electron chi connectivity index (χ3n) is 5.55. The van der Waals surface area contributed by atoms with Crippen LogP contribution in [0.25, 0.3) is 0 Å². The molecule has 0 spiro atoms. The predicted octanol–water partition coefficient (Wildman–Crippen LogP) is 8.77. The van der Waals surface area contributed by atoms with Gasteiger partial charge in [-0.2, -0.15) is 86.4 Å². The summed E-state index contributed by atoms with van der Waals surface area (Å²) < 4.78 is 236. The summed E-state index contributed by atoms with van der Waals surface area (Å²) >= 11 is 0.373. The molecule has 0 amide bonds. The monoisotopic (exact) mass is 658 g/mol. The zero-order chi connectivity index (χ0) is 32.5. The highest BCUT2D eigenvalue weighted by Crippen LogP contribution is 2.64. The molecule has 1 rings (SSSR count). The Labute approximate surface area is 224 Å².